The fourth-order valence-electron chi connectivity index (χ4n) is 4.14. The lowest BCUT2D eigenvalue weighted by atomic mass is 9.84. The van der Waals surface area contributed by atoms with E-state index in [1.165, 1.54) is 0 Å². The highest BCUT2D eigenvalue weighted by Crippen LogP contribution is 2.31. The highest BCUT2D eigenvalue weighted by molar-refractivity contribution is 5.90. The standard InChI is InChI=1S/C26H32N2O3/c1-17(16-26(4,5)24(29)30)20-8-10-21(11-9-20)22-12-14-23(15-13-22)27-25(31)28-18(2)6-7-19(28)3/h8-15,18-19H,1,6-7,16H2,2-5H3,(H,27,31)(H,29,30). The number of nitrogens with one attached hydrogen (secondary N) is 1. The molecule has 5 nitrogen and oxygen atoms in total. The molecule has 2 unspecified atom stereocenters. The van der Waals surface area contributed by atoms with Gasteiger partial charge in [-0.3, -0.25) is 4.79 Å². The number of aliphatic carboxylic acids is 1. The van der Waals surface area contributed by atoms with Gasteiger partial charge in [0.05, 0.1) is 5.41 Å². The smallest absolute Gasteiger partial charge is 0.322 e. The van der Waals surface area contributed by atoms with E-state index in [9.17, 15) is 14.7 Å². The van der Waals surface area contributed by atoms with Crippen LogP contribution in [0.4, 0.5) is 10.5 Å². The lowest BCUT2D eigenvalue weighted by Crippen LogP contribution is -2.41. The maximum absolute atomic E-state index is 12.6. The molecule has 1 saturated heterocycles. The van der Waals surface area contributed by atoms with Gasteiger partial charge in [-0.05, 0) is 81.4 Å². The number of hydrogen-bond acceptors (Lipinski definition) is 2. The molecule has 31 heavy (non-hydrogen) atoms. The predicted octanol–water partition coefficient (Wildman–Crippen LogP) is 6.27. The maximum atomic E-state index is 12.6. The van der Waals surface area contributed by atoms with Crippen molar-refractivity contribution in [3.8, 4) is 11.1 Å². The van der Waals surface area contributed by atoms with E-state index >= 15 is 0 Å². The van der Waals surface area contributed by atoms with Crippen LogP contribution in [0.25, 0.3) is 16.7 Å². The van der Waals surface area contributed by atoms with Crippen LogP contribution in [0, 0.1) is 5.41 Å². The highest BCUT2D eigenvalue weighted by Gasteiger charge is 2.31. The molecular weight excluding hydrogens is 388 g/mol. The normalized spacial score (nSPS) is 18.6. The number of amides is 2. The Morgan fingerprint density at radius 2 is 1.48 bits per heavy atom. The third kappa shape index (κ3) is 5.16. The van der Waals surface area contributed by atoms with Crippen molar-refractivity contribution in [1.82, 2.24) is 4.90 Å². The Hall–Kier alpha value is -3.08. The van der Waals surface area contributed by atoms with Gasteiger partial charge in [0.1, 0.15) is 0 Å². The number of benzene rings is 2. The Morgan fingerprint density at radius 1 is 1.00 bits per heavy atom. The number of rotatable bonds is 6. The van der Waals surface area contributed by atoms with Crippen LogP contribution in [-0.2, 0) is 4.79 Å². The lowest BCUT2D eigenvalue weighted by molar-refractivity contribution is -0.146. The number of carboxylic acid groups (broad SMARTS) is 1. The van der Waals surface area contributed by atoms with Gasteiger partial charge < -0.3 is 15.3 Å². The summed E-state index contributed by atoms with van der Waals surface area (Å²) in [7, 11) is 0. The number of likely N-dealkylation sites (tertiary alicyclic amines) is 1. The third-order valence-corrected chi connectivity index (χ3v) is 6.18. The zero-order valence-corrected chi connectivity index (χ0v) is 18.8. The summed E-state index contributed by atoms with van der Waals surface area (Å²) in [6.45, 7) is 11.7. The molecule has 2 amide bonds. The van der Waals surface area contributed by atoms with Crippen LogP contribution < -0.4 is 5.32 Å². The summed E-state index contributed by atoms with van der Waals surface area (Å²) in [4.78, 5) is 25.9. The molecule has 1 aliphatic rings. The molecule has 3 rings (SSSR count). The summed E-state index contributed by atoms with van der Waals surface area (Å²) in [5.74, 6) is -0.828. The van der Waals surface area contributed by atoms with E-state index in [1.54, 1.807) is 13.8 Å². The first-order chi connectivity index (χ1) is 14.6. The van der Waals surface area contributed by atoms with Crippen LogP contribution >= 0.6 is 0 Å². The molecule has 1 heterocycles. The summed E-state index contributed by atoms with van der Waals surface area (Å²) in [5, 5.41) is 12.3. The van der Waals surface area contributed by atoms with E-state index in [4.69, 9.17) is 0 Å². The van der Waals surface area contributed by atoms with Gasteiger partial charge in [0.2, 0.25) is 0 Å². The lowest BCUT2D eigenvalue weighted by Gasteiger charge is -2.26. The molecule has 2 aromatic rings. The Bertz CT molecular complexity index is 951. The molecule has 2 atom stereocenters. The fourth-order valence-corrected chi connectivity index (χ4v) is 4.14. The van der Waals surface area contributed by atoms with Gasteiger partial charge in [0.25, 0.3) is 0 Å². The number of carbonyl (C=O) groups excluding carboxylic acids is 1. The van der Waals surface area contributed by atoms with E-state index < -0.39 is 11.4 Å². The highest BCUT2D eigenvalue weighted by atomic mass is 16.4. The van der Waals surface area contributed by atoms with Gasteiger partial charge in [-0.15, -0.1) is 0 Å². The summed E-state index contributed by atoms with van der Waals surface area (Å²) >= 11 is 0. The average molecular weight is 421 g/mol. The van der Waals surface area contributed by atoms with Gasteiger partial charge in [-0.1, -0.05) is 43.0 Å². The molecule has 0 spiro atoms. The SMILES string of the molecule is C=C(CC(C)(C)C(=O)O)c1ccc(-c2ccc(NC(=O)N3C(C)CCC3C)cc2)cc1. The maximum Gasteiger partial charge on any atom is 0.322 e. The van der Waals surface area contributed by atoms with Crippen molar-refractivity contribution in [1.29, 1.82) is 0 Å². The second-order valence-corrected chi connectivity index (χ2v) is 9.24. The number of anilines is 1. The van der Waals surface area contributed by atoms with E-state index in [1.807, 2.05) is 53.4 Å². The number of carbonyl (C=O) groups is 2. The van der Waals surface area contributed by atoms with Gasteiger partial charge in [0, 0.05) is 17.8 Å². The van der Waals surface area contributed by atoms with Crippen molar-refractivity contribution in [3.63, 3.8) is 0 Å². The van der Waals surface area contributed by atoms with Gasteiger partial charge in [0.15, 0.2) is 0 Å². The van der Waals surface area contributed by atoms with E-state index in [0.717, 1.165) is 40.8 Å². The van der Waals surface area contributed by atoms with E-state index in [-0.39, 0.29) is 18.1 Å². The van der Waals surface area contributed by atoms with Crippen LogP contribution in [0.3, 0.4) is 0 Å². The molecule has 0 aromatic heterocycles. The molecule has 2 N–H and O–H groups in total. The molecule has 0 aliphatic carbocycles. The zero-order valence-electron chi connectivity index (χ0n) is 18.8. The first-order valence-electron chi connectivity index (χ1n) is 10.8. The zero-order chi connectivity index (χ0) is 22.8. The van der Waals surface area contributed by atoms with Crippen molar-refractivity contribution in [2.75, 3.05) is 5.32 Å². The Morgan fingerprint density at radius 3 is 1.97 bits per heavy atom. The summed E-state index contributed by atoms with van der Waals surface area (Å²) in [5.41, 5.74) is 3.78. The first-order valence-corrected chi connectivity index (χ1v) is 10.8. The number of carboxylic acids is 1. The van der Waals surface area contributed by atoms with E-state index in [2.05, 4.69) is 25.7 Å². The van der Waals surface area contributed by atoms with Gasteiger partial charge >= 0.3 is 12.0 Å². The van der Waals surface area contributed by atoms with Gasteiger partial charge in [-0.25, -0.2) is 4.79 Å². The van der Waals surface area contributed by atoms with Gasteiger partial charge in [-0.2, -0.15) is 0 Å². The molecule has 1 aliphatic heterocycles. The minimum absolute atomic E-state index is 0.0441. The molecule has 0 bridgehead atoms. The predicted molar refractivity (Wildman–Crippen MR) is 126 cm³/mol. The molecule has 5 heteroatoms. The van der Waals surface area contributed by atoms with Crippen LogP contribution in [0.2, 0.25) is 0 Å². The quantitative estimate of drug-likeness (QED) is 0.578. The number of allylic oxidation sites excluding steroid dienone is 1. The molecule has 164 valence electrons. The summed E-state index contributed by atoms with van der Waals surface area (Å²) in [6.07, 6.45) is 2.48. The Kier molecular flexibility index (Phi) is 6.54. The summed E-state index contributed by atoms with van der Waals surface area (Å²) in [6, 6.07) is 16.3. The third-order valence-electron chi connectivity index (χ3n) is 6.18. The van der Waals surface area contributed by atoms with Crippen LogP contribution in [0.1, 0.15) is 52.5 Å². The minimum atomic E-state index is -0.847. The molecule has 0 saturated carbocycles. The monoisotopic (exact) mass is 420 g/mol. The Balaban J connectivity index is 1.65. The van der Waals surface area contributed by atoms with Crippen molar-refractivity contribution in [2.24, 2.45) is 5.41 Å². The van der Waals surface area contributed by atoms with Crippen molar-refractivity contribution in [2.45, 2.75) is 59.0 Å². The molecular formula is C26H32N2O3. The fraction of sp³-hybridized carbons (Fsp3) is 0.385. The second kappa shape index (κ2) is 8.96. The van der Waals surface area contributed by atoms with Crippen molar-refractivity contribution < 1.29 is 14.7 Å². The number of urea groups is 1. The first kappa shape index (κ1) is 22.6. The number of nitrogens with zero attached hydrogens (tertiary/aromatic N) is 1. The van der Waals surface area contributed by atoms with Crippen LogP contribution in [0.15, 0.2) is 55.1 Å². The molecule has 0 radical (unpaired) electrons. The molecule has 2 aromatic carbocycles. The minimum Gasteiger partial charge on any atom is -0.481 e. The van der Waals surface area contributed by atoms with Crippen molar-refractivity contribution in [3.05, 3.63) is 60.7 Å². The van der Waals surface area contributed by atoms with Crippen LogP contribution in [-0.4, -0.2) is 34.1 Å². The molecule has 1 fully saturated rings. The number of hydrogen-bond donors (Lipinski definition) is 2. The van der Waals surface area contributed by atoms with Crippen LogP contribution in [0.5, 0.6) is 0 Å². The van der Waals surface area contributed by atoms with Crippen molar-refractivity contribution >= 4 is 23.3 Å². The largest absolute Gasteiger partial charge is 0.481 e. The van der Waals surface area contributed by atoms with E-state index in [0.29, 0.717) is 6.42 Å². The second-order valence-electron chi connectivity index (χ2n) is 9.24. The summed E-state index contributed by atoms with van der Waals surface area (Å²) < 4.78 is 0. The Labute approximate surface area is 184 Å². The average Bonchev–Trinajstić information content (AvgIpc) is 3.06. The topological polar surface area (TPSA) is 69.6 Å².